The van der Waals surface area contributed by atoms with Gasteiger partial charge in [-0.15, -0.1) is 0 Å². The van der Waals surface area contributed by atoms with Crippen molar-refractivity contribution in [1.29, 1.82) is 0 Å². The van der Waals surface area contributed by atoms with Gasteiger partial charge in [0.05, 0.1) is 13.2 Å². The lowest BCUT2D eigenvalue weighted by molar-refractivity contribution is -0.134. The third-order valence-electron chi connectivity index (χ3n) is 2.51. The summed E-state index contributed by atoms with van der Waals surface area (Å²) < 4.78 is 5.21. The Morgan fingerprint density at radius 3 is 2.62 bits per heavy atom. The number of ether oxygens (including phenoxy) is 1. The van der Waals surface area contributed by atoms with Gasteiger partial charge < -0.3 is 14.5 Å². The lowest BCUT2D eigenvalue weighted by Gasteiger charge is -2.26. The van der Waals surface area contributed by atoms with Gasteiger partial charge in [0, 0.05) is 37.6 Å². The minimum absolute atomic E-state index is 0.278. The SMILES string of the molecule is CN(C)CCSCCC(=O)N1CCOCC1. The van der Waals surface area contributed by atoms with Gasteiger partial charge in [-0.3, -0.25) is 4.79 Å². The van der Waals surface area contributed by atoms with E-state index in [0.29, 0.717) is 19.6 Å². The molecular weight excluding hydrogens is 224 g/mol. The number of carbonyl (C=O) groups is 1. The van der Waals surface area contributed by atoms with Gasteiger partial charge in [0.25, 0.3) is 0 Å². The Bertz CT molecular complexity index is 206. The Labute approximate surface area is 102 Å². The average molecular weight is 246 g/mol. The van der Waals surface area contributed by atoms with Gasteiger partial charge in [-0.2, -0.15) is 11.8 Å². The van der Waals surface area contributed by atoms with Crippen LogP contribution < -0.4 is 0 Å². The number of rotatable bonds is 6. The summed E-state index contributed by atoms with van der Waals surface area (Å²) in [6.07, 6.45) is 0.665. The predicted octanol–water partition coefficient (Wildman–Crippen LogP) is 0.530. The van der Waals surface area contributed by atoms with Crippen molar-refractivity contribution < 1.29 is 9.53 Å². The van der Waals surface area contributed by atoms with E-state index < -0.39 is 0 Å². The maximum Gasteiger partial charge on any atom is 0.223 e. The molecule has 0 aliphatic carbocycles. The Balaban J connectivity index is 2.01. The Kier molecular flexibility index (Phi) is 6.84. The highest BCUT2D eigenvalue weighted by molar-refractivity contribution is 7.99. The number of thioether (sulfide) groups is 1. The second-order valence-corrected chi connectivity index (χ2v) is 5.38. The summed E-state index contributed by atoms with van der Waals surface area (Å²) in [5.41, 5.74) is 0. The summed E-state index contributed by atoms with van der Waals surface area (Å²) in [6.45, 7) is 4.00. The van der Waals surface area contributed by atoms with Crippen molar-refractivity contribution in [1.82, 2.24) is 9.80 Å². The minimum Gasteiger partial charge on any atom is -0.378 e. The molecule has 1 saturated heterocycles. The van der Waals surface area contributed by atoms with Crippen molar-refractivity contribution in [3.8, 4) is 0 Å². The molecule has 1 fully saturated rings. The first kappa shape index (κ1) is 13.8. The third-order valence-corrected chi connectivity index (χ3v) is 3.47. The Morgan fingerprint density at radius 2 is 2.00 bits per heavy atom. The zero-order chi connectivity index (χ0) is 11.8. The summed E-state index contributed by atoms with van der Waals surface area (Å²) in [5.74, 6) is 2.31. The number of carbonyl (C=O) groups excluding carboxylic acids is 1. The van der Waals surface area contributed by atoms with Crippen LogP contribution in [0.2, 0.25) is 0 Å². The van der Waals surface area contributed by atoms with E-state index in [1.54, 1.807) is 0 Å². The normalized spacial score (nSPS) is 16.8. The molecule has 0 aromatic carbocycles. The van der Waals surface area contributed by atoms with Crippen LogP contribution in [0, 0.1) is 0 Å². The van der Waals surface area contributed by atoms with E-state index >= 15 is 0 Å². The van der Waals surface area contributed by atoms with Crippen LogP contribution in [0.4, 0.5) is 0 Å². The van der Waals surface area contributed by atoms with E-state index in [1.165, 1.54) is 0 Å². The second-order valence-electron chi connectivity index (χ2n) is 4.16. The van der Waals surface area contributed by atoms with Gasteiger partial charge in [-0.1, -0.05) is 0 Å². The highest BCUT2D eigenvalue weighted by atomic mass is 32.2. The summed E-state index contributed by atoms with van der Waals surface area (Å²) in [4.78, 5) is 15.8. The van der Waals surface area contributed by atoms with Crippen LogP contribution >= 0.6 is 11.8 Å². The molecule has 0 spiro atoms. The molecule has 1 aliphatic rings. The van der Waals surface area contributed by atoms with Crippen LogP contribution in [0.3, 0.4) is 0 Å². The first-order valence-electron chi connectivity index (χ1n) is 5.78. The van der Waals surface area contributed by atoms with Gasteiger partial charge in [0.1, 0.15) is 0 Å². The van der Waals surface area contributed by atoms with Gasteiger partial charge in [0.15, 0.2) is 0 Å². The zero-order valence-electron chi connectivity index (χ0n) is 10.3. The summed E-state index contributed by atoms with van der Waals surface area (Å²) in [7, 11) is 4.14. The fourth-order valence-corrected chi connectivity index (χ4v) is 2.50. The molecule has 0 aromatic rings. The number of hydrogen-bond donors (Lipinski definition) is 0. The maximum absolute atomic E-state index is 11.7. The van der Waals surface area contributed by atoms with Crippen molar-refractivity contribution in [3.05, 3.63) is 0 Å². The Morgan fingerprint density at radius 1 is 1.31 bits per heavy atom. The quantitative estimate of drug-likeness (QED) is 0.640. The van der Waals surface area contributed by atoms with Crippen LogP contribution in [-0.4, -0.2) is 74.2 Å². The standard InChI is InChI=1S/C11H22N2O2S/c1-12(2)6-10-16-9-3-11(14)13-4-7-15-8-5-13/h3-10H2,1-2H3. The molecule has 1 rings (SSSR count). The largest absolute Gasteiger partial charge is 0.378 e. The van der Waals surface area contributed by atoms with Crippen molar-refractivity contribution in [2.24, 2.45) is 0 Å². The smallest absolute Gasteiger partial charge is 0.223 e. The molecule has 1 aliphatic heterocycles. The summed E-state index contributed by atoms with van der Waals surface area (Å²) in [5, 5.41) is 0. The summed E-state index contributed by atoms with van der Waals surface area (Å²) >= 11 is 1.85. The van der Waals surface area contributed by atoms with E-state index in [4.69, 9.17) is 4.74 Å². The van der Waals surface area contributed by atoms with Crippen molar-refractivity contribution in [2.45, 2.75) is 6.42 Å². The number of nitrogens with zero attached hydrogens (tertiary/aromatic N) is 2. The van der Waals surface area contributed by atoms with Gasteiger partial charge in [-0.25, -0.2) is 0 Å². The number of amides is 1. The van der Waals surface area contributed by atoms with E-state index in [0.717, 1.165) is 31.1 Å². The molecule has 5 heteroatoms. The second kappa shape index (κ2) is 7.92. The molecule has 0 unspecified atom stereocenters. The fraction of sp³-hybridized carbons (Fsp3) is 0.909. The van der Waals surface area contributed by atoms with E-state index in [2.05, 4.69) is 19.0 Å². The molecule has 0 aromatic heterocycles. The maximum atomic E-state index is 11.7. The van der Waals surface area contributed by atoms with Gasteiger partial charge in [0.2, 0.25) is 5.91 Å². The monoisotopic (exact) mass is 246 g/mol. The number of hydrogen-bond acceptors (Lipinski definition) is 4. The molecule has 1 heterocycles. The van der Waals surface area contributed by atoms with Crippen molar-refractivity contribution in [2.75, 3.05) is 58.4 Å². The van der Waals surface area contributed by atoms with E-state index in [-0.39, 0.29) is 5.91 Å². The van der Waals surface area contributed by atoms with Crippen LogP contribution in [0.25, 0.3) is 0 Å². The topological polar surface area (TPSA) is 32.8 Å². The average Bonchev–Trinajstić information content (AvgIpc) is 2.29. The first-order chi connectivity index (χ1) is 7.70. The highest BCUT2D eigenvalue weighted by Crippen LogP contribution is 2.06. The van der Waals surface area contributed by atoms with Crippen LogP contribution in [-0.2, 0) is 9.53 Å². The van der Waals surface area contributed by atoms with Crippen molar-refractivity contribution in [3.63, 3.8) is 0 Å². The lowest BCUT2D eigenvalue weighted by atomic mass is 10.3. The van der Waals surface area contributed by atoms with Gasteiger partial charge in [-0.05, 0) is 14.1 Å². The van der Waals surface area contributed by atoms with E-state index in [1.807, 2.05) is 16.7 Å². The molecule has 0 saturated carbocycles. The van der Waals surface area contributed by atoms with Crippen LogP contribution in [0.15, 0.2) is 0 Å². The molecule has 0 radical (unpaired) electrons. The Hall–Kier alpha value is -0.260. The highest BCUT2D eigenvalue weighted by Gasteiger charge is 2.15. The molecule has 94 valence electrons. The van der Waals surface area contributed by atoms with Crippen LogP contribution in [0.1, 0.15) is 6.42 Å². The molecule has 4 nitrogen and oxygen atoms in total. The van der Waals surface area contributed by atoms with Gasteiger partial charge >= 0.3 is 0 Å². The molecular formula is C11H22N2O2S. The zero-order valence-corrected chi connectivity index (χ0v) is 11.1. The molecule has 16 heavy (non-hydrogen) atoms. The lowest BCUT2D eigenvalue weighted by Crippen LogP contribution is -2.40. The minimum atomic E-state index is 0.278. The number of morpholine rings is 1. The van der Waals surface area contributed by atoms with E-state index in [9.17, 15) is 4.79 Å². The fourth-order valence-electron chi connectivity index (χ4n) is 1.48. The molecule has 0 N–H and O–H groups in total. The molecule has 1 amide bonds. The molecule has 0 bridgehead atoms. The van der Waals surface area contributed by atoms with Crippen LogP contribution in [0.5, 0.6) is 0 Å². The molecule has 0 atom stereocenters. The third kappa shape index (κ3) is 5.72. The summed E-state index contributed by atoms with van der Waals surface area (Å²) in [6, 6.07) is 0. The first-order valence-corrected chi connectivity index (χ1v) is 6.93. The predicted molar refractivity (Wildman–Crippen MR) is 67.9 cm³/mol. The van der Waals surface area contributed by atoms with Crippen molar-refractivity contribution >= 4 is 17.7 Å².